The highest BCUT2D eigenvalue weighted by atomic mass is 16.5. The first-order valence-corrected chi connectivity index (χ1v) is 5.57. The molecule has 0 radical (unpaired) electrons. The average molecular weight is 251 g/mol. The van der Waals surface area contributed by atoms with Crippen LogP contribution in [0, 0.1) is 5.92 Å². The van der Waals surface area contributed by atoms with Crippen LogP contribution in [-0.2, 0) is 19.1 Å². The van der Waals surface area contributed by atoms with Crippen molar-refractivity contribution in [2.45, 2.75) is 20.8 Å². The number of carbonyl (C=O) groups excluding carboxylic acids is 2. The molecule has 98 valence electrons. The number of allylic oxidation sites excluding steroid dienone is 2. The monoisotopic (exact) mass is 251 g/mol. The maximum Gasteiger partial charge on any atom is 0.339 e. The third kappa shape index (κ3) is 2.67. The molecule has 0 spiro atoms. The van der Waals surface area contributed by atoms with E-state index in [0.29, 0.717) is 22.6 Å². The second-order valence-electron chi connectivity index (χ2n) is 4.05. The first-order chi connectivity index (χ1) is 8.42. The van der Waals surface area contributed by atoms with Gasteiger partial charge in [-0.3, -0.25) is 4.99 Å². The summed E-state index contributed by atoms with van der Waals surface area (Å²) in [5.74, 6) is -1.14. The van der Waals surface area contributed by atoms with E-state index in [2.05, 4.69) is 4.99 Å². The SMILES string of the molecule is COC(=O)C1=CC(C)C(C(=O)OC)=C(C)N=C1C. The number of nitrogens with zero attached hydrogens (tertiary/aromatic N) is 1. The first kappa shape index (κ1) is 14.2. The van der Waals surface area contributed by atoms with Crippen molar-refractivity contribution >= 4 is 17.7 Å². The minimum atomic E-state index is -0.456. The molecule has 0 aliphatic carbocycles. The highest BCUT2D eigenvalue weighted by molar-refractivity contribution is 6.19. The Morgan fingerprint density at radius 1 is 1.17 bits per heavy atom. The second kappa shape index (κ2) is 5.62. The maximum absolute atomic E-state index is 11.7. The quantitative estimate of drug-likeness (QED) is 0.700. The summed E-state index contributed by atoms with van der Waals surface area (Å²) in [6.07, 6.45) is 1.67. The van der Waals surface area contributed by atoms with Crippen LogP contribution in [0.5, 0.6) is 0 Å². The molecule has 0 N–H and O–H groups in total. The normalized spacial score (nSPS) is 19.7. The van der Waals surface area contributed by atoms with Crippen LogP contribution in [-0.4, -0.2) is 31.9 Å². The van der Waals surface area contributed by atoms with E-state index in [4.69, 9.17) is 9.47 Å². The van der Waals surface area contributed by atoms with Gasteiger partial charge in [-0.2, -0.15) is 0 Å². The van der Waals surface area contributed by atoms with Crippen molar-refractivity contribution in [3.8, 4) is 0 Å². The number of methoxy groups -OCH3 is 2. The van der Waals surface area contributed by atoms with Gasteiger partial charge < -0.3 is 9.47 Å². The number of hydrogen-bond acceptors (Lipinski definition) is 5. The molecule has 1 atom stereocenters. The van der Waals surface area contributed by atoms with Crippen LogP contribution in [0.25, 0.3) is 0 Å². The largest absolute Gasteiger partial charge is 0.466 e. The summed E-state index contributed by atoms with van der Waals surface area (Å²) in [5, 5.41) is 0. The molecule has 5 nitrogen and oxygen atoms in total. The lowest BCUT2D eigenvalue weighted by Gasteiger charge is -2.10. The molecule has 0 aromatic carbocycles. The van der Waals surface area contributed by atoms with Gasteiger partial charge in [0.05, 0.1) is 31.1 Å². The lowest BCUT2D eigenvalue weighted by Crippen LogP contribution is -2.14. The molecule has 1 rings (SSSR count). The topological polar surface area (TPSA) is 65.0 Å². The van der Waals surface area contributed by atoms with Gasteiger partial charge in [0.1, 0.15) is 0 Å². The molecule has 1 unspecified atom stereocenters. The van der Waals surface area contributed by atoms with Crippen molar-refractivity contribution in [1.29, 1.82) is 0 Å². The lowest BCUT2D eigenvalue weighted by atomic mass is 9.97. The Morgan fingerprint density at radius 3 is 2.22 bits per heavy atom. The molecule has 1 heterocycles. The number of hydrogen-bond donors (Lipinski definition) is 0. The number of aliphatic imine (C=N–C) groups is 1. The zero-order valence-electron chi connectivity index (χ0n) is 11.2. The smallest absolute Gasteiger partial charge is 0.339 e. The van der Waals surface area contributed by atoms with Gasteiger partial charge in [-0.05, 0) is 13.8 Å². The van der Waals surface area contributed by atoms with Crippen LogP contribution in [0.15, 0.2) is 27.9 Å². The fraction of sp³-hybridized carbons (Fsp3) is 0.462. The zero-order valence-corrected chi connectivity index (χ0v) is 11.2. The van der Waals surface area contributed by atoms with Crippen molar-refractivity contribution in [3.05, 3.63) is 22.9 Å². The van der Waals surface area contributed by atoms with Crippen molar-refractivity contribution in [3.63, 3.8) is 0 Å². The third-order valence-electron chi connectivity index (χ3n) is 2.80. The highest BCUT2D eigenvalue weighted by Gasteiger charge is 2.25. The average Bonchev–Trinajstić information content (AvgIpc) is 2.44. The molecule has 1 aliphatic heterocycles. The minimum absolute atomic E-state index is 0.257. The molecule has 1 aliphatic rings. The third-order valence-corrected chi connectivity index (χ3v) is 2.80. The fourth-order valence-corrected chi connectivity index (χ4v) is 1.92. The molecule has 18 heavy (non-hydrogen) atoms. The fourth-order valence-electron chi connectivity index (χ4n) is 1.92. The zero-order chi connectivity index (χ0) is 13.9. The highest BCUT2D eigenvalue weighted by Crippen LogP contribution is 2.25. The van der Waals surface area contributed by atoms with Gasteiger partial charge in [0.2, 0.25) is 0 Å². The molecule has 0 fully saturated rings. The molecule has 0 saturated carbocycles. The Hall–Kier alpha value is -1.91. The molecule has 5 heteroatoms. The van der Waals surface area contributed by atoms with E-state index >= 15 is 0 Å². The Labute approximate surface area is 106 Å². The van der Waals surface area contributed by atoms with Crippen LogP contribution in [0.2, 0.25) is 0 Å². The van der Waals surface area contributed by atoms with Gasteiger partial charge in [0, 0.05) is 11.6 Å². The van der Waals surface area contributed by atoms with Gasteiger partial charge in [-0.15, -0.1) is 0 Å². The predicted octanol–water partition coefficient (Wildman–Crippen LogP) is 1.64. The number of ether oxygens (including phenoxy) is 2. The molecule has 0 bridgehead atoms. The summed E-state index contributed by atoms with van der Waals surface area (Å²) in [6, 6.07) is 0. The summed E-state index contributed by atoms with van der Waals surface area (Å²) in [7, 11) is 2.63. The van der Waals surface area contributed by atoms with Gasteiger partial charge in [-0.25, -0.2) is 9.59 Å². The van der Waals surface area contributed by atoms with Gasteiger partial charge >= 0.3 is 11.9 Å². The predicted molar refractivity (Wildman–Crippen MR) is 67.1 cm³/mol. The van der Waals surface area contributed by atoms with Crippen LogP contribution in [0.3, 0.4) is 0 Å². The Kier molecular flexibility index (Phi) is 4.42. The molecule has 0 aromatic rings. The van der Waals surface area contributed by atoms with Crippen LogP contribution in [0.4, 0.5) is 0 Å². The summed E-state index contributed by atoms with van der Waals surface area (Å²) in [5.41, 5.74) is 1.92. The Morgan fingerprint density at radius 2 is 1.72 bits per heavy atom. The summed E-state index contributed by atoms with van der Waals surface area (Å²) in [4.78, 5) is 27.6. The number of carbonyl (C=O) groups is 2. The maximum atomic E-state index is 11.7. The van der Waals surface area contributed by atoms with Gasteiger partial charge in [-0.1, -0.05) is 13.0 Å². The summed E-state index contributed by atoms with van der Waals surface area (Å²) >= 11 is 0. The molecule has 0 saturated heterocycles. The van der Waals surface area contributed by atoms with Crippen LogP contribution < -0.4 is 0 Å². The Bertz CT molecular complexity index is 471. The molecular weight excluding hydrogens is 234 g/mol. The molecule has 0 amide bonds. The van der Waals surface area contributed by atoms with Crippen molar-refractivity contribution in [2.24, 2.45) is 10.9 Å². The first-order valence-electron chi connectivity index (χ1n) is 5.57. The van der Waals surface area contributed by atoms with Gasteiger partial charge in [0.25, 0.3) is 0 Å². The second-order valence-corrected chi connectivity index (χ2v) is 4.05. The van der Waals surface area contributed by atoms with E-state index in [1.165, 1.54) is 14.2 Å². The summed E-state index contributed by atoms with van der Waals surface area (Å²) in [6.45, 7) is 5.24. The van der Waals surface area contributed by atoms with Crippen LogP contribution >= 0.6 is 0 Å². The van der Waals surface area contributed by atoms with E-state index < -0.39 is 11.9 Å². The summed E-state index contributed by atoms with van der Waals surface area (Å²) < 4.78 is 9.43. The molecule has 0 aromatic heterocycles. The van der Waals surface area contributed by atoms with Gasteiger partial charge in [0.15, 0.2) is 0 Å². The number of esters is 2. The van der Waals surface area contributed by atoms with Crippen molar-refractivity contribution in [1.82, 2.24) is 0 Å². The molecular formula is C13H17NO4. The van der Waals surface area contributed by atoms with E-state index in [9.17, 15) is 9.59 Å². The lowest BCUT2D eigenvalue weighted by molar-refractivity contribution is -0.137. The van der Waals surface area contributed by atoms with Crippen LogP contribution in [0.1, 0.15) is 20.8 Å². The minimum Gasteiger partial charge on any atom is -0.466 e. The van der Waals surface area contributed by atoms with E-state index in [0.717, 1.165) is 0 Å². The van der Waals surface area contributed by atoms with E-state index in [1.54, 1.807) is 19.9 Å². The van der Waals surface area contributed by atoms with E-state index in [1.807, 2.05) is 6.92 Å². The van der Waals surface area contributed by atoms with Crippen molar-refractivity contribution in [2.75, 3.05) is 14.2 Å². The number of rotatable bonds is 2. The standard InChI is InChI=1S/C13H17NO4/c1-7-6-10(12(15)17-4)8(2)14-9(3)11(7)13(16)18-5/h6-7H,1-5H3. The van der Waals surface area contributed by atoms with E-state index in [-0.39, 0.29) is 5.92 Å². The Balaban J connectivity index is 3.29. The van der Waals surface area contributed by atoms with Crippen molar-refractivity contribution < 1.29 is 19.1 Å².